The summed E-state index contributed by atoms with van der Waals surface area (Å²) in [5.41, 5.74) is 0.615. The third-order valence-corrected chi connectivity index (χ3v) is 7.20. The number of hydrogen-bond acceptors (Lipinski definition) is 6. The maximum Gasteiger partial charge on any atom is 0.407 e. The molecule has 214 valence electrons. The standard InChI is InChI=1S/C27H42ClFN4O5/c1-3-37-27(35)31-8-11-38-25(21-13-22(28)15-23(29)14-21)20-7-4-9-33(17-20)26(34)32-24(16-30-2)12-19-6-5-10-36-18-19/h13-15,19-20,24-25,30H,3-12,16-18H2,1-2H3,(H,31,35)(H,32,34)/t19-,20-,24+,25?/m1/s1. The summed E-state index contributed by atoms with van der Waals surface area (Å²) < 4.78 is 30.9. The van der Waals surface area contributed by atoms with E-state index in [4.69, 9.17) is 25.8 Å². The number of nitrogens with zero attached hydrogens (tertiary/aromatic N) is 1. The average Bonchev–Trinajstić information content (AvgIpc) is 2.89. The smallest absolute Gasteiger partial charge is 0.407 e. The lowest BCUT2D eigenvalue weighted by Gasteiger charge is -2.38. The maximum absolute atomic E-state index is 14.2. The number of piperidine rings is 1. The van der Waals surface area contributed by atoms with Crippen molar-refractivity contribution in [3.63, 3.8) is 0 Å². The van der Waals surface area contributed by atoms with Crippen LogP contribution in [0, 0.1) is 17.7 Å². The highest BCUT2D eigenvalue weighted by molar-refractivity contribution is 6.30. The Morgan fingerprint density at radius 2 is 2.11 bits per heavy atom. The van der Waals surface area contributed by atoms with Crippen molar-refractivity contribution in [3.05, 3.63) is 34.6 Å². The second-order valence-corrected chi connectivity index (χ2v) is 10.4. The molecule has 0 spiro atoms. The molecule has 1 aromatic rings. The van der Waals surface area contributed by atoms with Gasteiger partial charge in [-0.2, -0.15) is 0 Å². The number of rotatable bonds is 12. The summed E-state index contributed by atoms with van der Waals surface area (Å²) in [6.07, 6.45) is 3.64. The van der Waals surface area contributed by atoms with Gasteiger partial charge in [0.1, 0.15) is 5.82 Å². The van der Waals surface area contributed by atoms with Gasteiger partial charge in [-0.05, 0) is 75.8 Å². The van der Waals surface area contributed by atoms with Crippen molar-refractivity contribution in [2.45, 2.75) is 51.2 Å². The van der Waals surface area contributed by atoms with Crippen molar-refractivity contribution in [2.75, 3.05) is 59.7 Å². The van der Waals surface area contributed by atoms with Gasteiger partial charge in [0.2, 0.25) is 0 Å². The topological polar surface area (TPSA) is 101 Å². The van der Waals surface area contributed by atoms with Gasteiger partial charge in [-0.25, -0.2) is 14.0 Å². The summed E-state index contributed by atoms with van der Waals surface area (Å²) in [6.45, 7) is 5.80. The highest BCUT2D eigenvalue weighted by Crippen LogP contribution is 2.34. The van der Waals surface area contributed by atoms with Crippen LogP contribution in [0.25, 0.3) is 0 Å². The number of amides is 3. The van der Waals surface area contributed by atoms with Gasteiger partial charge in [0, 0.05) is 56.4 Å². The van der Waals surface area contributed by atoms with Crippen LogP contribution in [0.5, 0.6) is 0 Å². The molecule has 2 heterocycles. The van der Waals surface area contributed by atoms with Gasteiger partial charge in [-0.3, -0.25) is 0 Å². The zero-order chi connectivity index (χ0) is 27.3. The van der Waals surface area contributed by atoms with E-state index in [1.165, 1.54) is 12.1 Å². The number of likely N-dealkylation sites (tertiary alicyclic amines) is 1. The Morgan fingerprint density at radius 1 is 1.26 bits per heavy atom. The van der Waals surface area contributed by atoms with Crippen LogP contribution in [-0.4, -0.2) is 82.7 Å². The Labute approximate surface area is 230 Å². The van der Waals surface area contributed by atoms with E-state index in [1.807, 2.05) is 11.9 Å². The fourth-order valence-electron chi connectivity index (χ4n) is 5.31. The van der Waals surface area contributed by atoms with Gasteiger partial charge < -0.3 is 35.1 Å². The van der Waals surface area contributed by atoms with E-state index < -0.39 is 18.0 Å². The third kappa shape index (κ3) is 9.87. The van der Waals surface area contributed by atoms with E-state index in [9.17, 15) is 14.0 Å². The molecule has 1 unspecified atom stereocenters. The summed E-state index contributed by atoms with van der Waals surface area (Å²) >= 11 is 6.16. The molecule has 1 aromatic carbocycles. The normalized spacial score (nSPS) is 21.4. The lowest BCUT2D eigenvalue weighted by atomic mass is 9.88. The molecule has 2 aliphatic heterocycles. The van der Waals surface area contributed by atoms with Crippen molar-refractivity contribution in [3.8, 4) is 0 Å². The average molecular weight is 557 g/mol. The Balaban J connectivity index is 1.64. The molecular weight excluding hydrogens is 515 g/mol. The van der Waals surface area contributed by atoms with Crippen molar-refractivity contribution >= 4 is 23.7 Å². The van der Waals surface area contributed by atoms with Crippen LogP contribution >= 0.6 is 11.6 Å². The zero-order valence-corrected chi connectivity index (χ0v) is 23.2. The molecule has 0 bridgehead atoms. The van der Waals surface area contributed by atoms with E-state index >= 15 is 0 Å². The minimum absolute atomic E-state index is 0.00241. The van der Waals surface area contributed by atoms with Crippen LogP contribution in [0.15, 0.2) is 18.2 Å². The van der Waals surface area contributed by atoms with Gasteiger partial charge in [0.15, 0.2) is 0 Å². The summed E-state index contributed by atoms with van der Waals surface area (Å²) in [7, 11) is 1.89. The molecule has 0 aliphatic carbocycles. The Bertz CT molecular complexity index is 869. The van der Waals surface area contributed by atoms with Gasteiger partial charge in [0.05, 0.1) is 19.3 Å². The molecule has 2 fully saturated rings. The molecule has 3 rings (SSSR count). The van der Waals surface area contributed by atoms with E-state index in [-0.39, 0.29) is 42.8 Å². The SMILES string of the molecule is CCOC(=O)NCCOC(c1cc(F)cc(Cl)c1)[C@@H]1CCCN(C(=O)N[C@H](CNC)C[C@H]2CCCOC2)C1. The number of urea groups is 1. The molecule has 3 amide bonds. The lowest BCUT2D eigenvalue weighted by Crippen LogP contribution is -2.52. The van der Waals surface area contributed by atoms with Crippen LogP contribution in [0.1, 0.15) is 50.7 Å². The molecule has 0 radical (unpaired) electrons. The number of likely N-dealkylation sites (N-methyl/N-ethyl adjacent to an activating group) is 1. The summed E-state index contributed by atoms with van der Waals surface area (Å²) in [4.78, 5) is 26.7. The monoisotopic (exact) mass is 556 g/mol. The van der Waals surface area contributed by atoms with Crippen molar-refractivity contribution < 1.29 is 28.2 Å². The Kier molecular flexibility index (Phi) is 12.9. The fourth-order valence-corrected chi connectivity index (χ4v) is 5.54. The number of carbonyl (C=O) groups is 2. The number of ether oxygens (including phenoxy) is 3. The zero-order valence-electron chi connectivity index (χ0n) is 22.5. The number of hydrogen-bond donors (Lipinski definition) is 3. The molecule has 2 aliphatic rings. The minimum Gasteiger partial charge on any atom is -0.450 e. The lowest BCUT2D eigenvalue weighted by molar-refractivity contribution is -0.00901. The van der Waals surface area contributed by atoms with E-state index in [0.29, 0.717) is 31.1 Å². The van der Waals surface area contributed by atoms with Crippen LogP contribution in [0.2, 0.25) is 5.02 Å². The molecular formula is C27H42ClFN4O5. The quantitative estimate of drug-likeness (QED) is 0.335. The van der Waals surface area contributed by atoms with Crippen LogP contribution in [-0.2, 0) is 14.2 Å². The first-order chi connectivity index (χ1) is 18.4. The molecule has 4 atom stereocenters. The minimum atomic E-state index is -0.516. The third-order valence-electron chi connectivity index (χ3n) is 6.98. The van der Waals surface area contributed by atoms with Crippen LogP contribution < -0.4 is 16.0 Å². The molecule has 0 saturated carbocycles. The predicted molar refractivity (Wildman–Crippen MR) is 144 cm³/mol. The summed E-state index contributed by atoms with van der Waals surface area (Å²) in [6, 6.07) is 4.27. The van der Waals surface area contributed by atoms with Gasteiger partial charge in [-0.15, -0.1) is 0 Å². The first-order valence-electron chi connectivity index (χ1n) is 13.7. The van der Waals surface area contributed by atoms with Gasteiger partial charge >= 0.3 is 12.1 Å². The highest BCUT2D eigenvalue weighted by atomic mass is 35.5. The number of carbonyl (C=O) groups excluding carboxylic acids is 2. The molecule has 2 saturated heterocycles. The molecule has 3 N–H and O–H groups in total. The number of nitrogens with one attached hydrogen (secondary N) is 3. The Hall–Kier alpha value is -2.14. The van der Waals surface area contributed by atoms with E-state index in [0.717, 1.165) is 45.3 Å². The van der Waals surface area contributed by atoms with E-state index in [1.54, 1.807) is 13.0 Å². The molecule has 9 nitrogen and oxygen atoms in total. The number of benzene rings is 1. The first-order valence-corrected chi connectivity index (χ1v) is 14.0. The Morgan fingerprint density at radius 3 is 2.82 bits per heavy atom. The summed E-state index contributed by atoms with van der Waals surface area (Å²) in [5.74, 6) is -0.0718. The molecule has 11 heteroatoms. The van der Waals surface area contributed by atoms with Crippen molar-refractivity contribution in [1.29, 1.82) is 0 Å². The van der Waals surface area contributed by atoms with Crippen molar-refractivity contribution in [2.24, 2.45) is 11.8 Å². The largest absolute Gasteiger partial charge is 0.450 e. The number of alkyl carbamates (subject to hydrolysis) is 1. The summed E-state index contributed by atoms with van der Waals surface area (Å²) in [5, 5.41) is 9.32. The second-order valence-electron chi connectivity index (χ2n) is 10.0. The van der Waals surface area contributed by atoms with Crippen molar-refractivity contribution in [1.82, 2.24) is 20.9 Å². The molecule has 38 heavy (non-hydrogen) atoms. The molecule has 0 aromatic heterocycles. The predicted octanol–water partition coefficient (Wildman–Crippen LogP) is 4.11. The second kappa shape index (κ2) is 16.1. The van der Waals surface area contributed by atoms with Gasteiger partial charge in [-0.1, -0.05) is 11.6 Å². The number of halogens is 2. The highest BCUT2D eigenvalue weighted by Gasteiger charge is 2.32. The van der Waals surface area contributed by atoms with Crippen LogP contribution in [0.4, 0.5) is 14.0 Å². The maximum atomic E-state index is 14.2. The first kappa shape index (κ1) is 30.4. The fraction of sp³-hybridized carbons (Fsp3) is 0.704. The van der Waals surface area contributed by atoms with E-state index in [2.05, 4.69) is 16.0 Å². The van der Waals surface area contributed by atoms with Crippen LogP contribution in [0.3, 0.4) is 0 Å². The van der Waals surface area contributed by atoms with Gasteiger partial charge in [0.25, 0.3) is 0 Å².